The van der Waals surface area contributed by atoms with Gasteiger partial charge in [0.05, 0.1) is 5.69 Å². The lowest BCUT2D eigenvalue weighted by Crippen LogP contribution is -2.39. The number of nitrogens with one attached hydrogen (secondary N) is 1. The highest BCUT2D eigenvalue weighted by molar-refractivity contribution is 7.90. The van der Waals surface area contributed by atoms with E-state index in [0.29, 0.717) is 18.8 Å². The van der Waals surface area contributed by atoms with E-state index in [4.69, 9.17) is 5.73 Å². The minimum absolute atomic E-state index is 0.450. The van der Waals surface area contributed by atoms with Gasteiger partial charge in [-0.15, -0.1) is 0 Å². The maximum Gasteiger partial charge on any atom is 0.301 e. The van der Waals surface area contributed by atoms with Crippen LogP contribution in [0.1, 0.15) is 18.9 Å². The van der Waals surface area contributed by atoms with E-state index in [2.05, 4.69) is 4.72 Å². The third-order valence-corrected chi connectivity index (χ3v) is 3.92. The standard InChI is InChI=1S/C11H19N3O2S/c1-3-8-14(17(15,16)13-2)11-6-4-10(9-12)5-7-11/h4-7,13H,3,8-9,12H2,1-2H3. The first-order valence-corrected chi connectivity index (χ1v) is 6.99. The first kappa shape index (κ1) is 14.0. The summed E-state index contributed by atoms with van der Waals surface area (Å²) in [5.74, 6) is 0. The molecule has 0 saturated carbocycles. The van der Waals surface area contributed by atoms with Crippen molar-refractivity contribution in [2.75, 3.05) is 17.9 Å². The number of hydrogen-bond donors (Lipinski definition) is 2. The Labute approximate surface area is 103 Å². The van der Waals surface area contributed by atoms with E-state index >= 15 is 0 Å². The van der Waals surface area contributed by atoms with Crippen LogP contribution in [0.4, 0.5) is 5.69 Å². The normalized spacial score (nSPS) is 11.5. The second-order valence-electron chi connectivity index (χ2n) is 3.65. The highest BCUT2D eigenvalue weighted by Gasteiger charge is 2.19. The van der Waals surface area contributed by atoms with Crippen LogP contribution in [0.25, 0.3) is 0 Å². The molecule has 0 amide bonds. The van der Waals surface area contributed by atoms with Gasteiger partial charge in [-0.2, -0.15) is 8.42 Å². The lowest BCUT2D eigenvalue weighted by Gasteiger charge is -2.23. The third-order valence-electron chi connectivity index (χ3n) is 2.43. The zero-order chi connectivity index (χ0) is 12.9. The molecule has 1 rings (SSSR count). The molecule has 1 aromatic carbocycles. The second kappa shape index (κ2) is 6.00. The van der Waals surface area contributed by atoms with Gasteiger partial charge in [-0.05, 0) is 24.1 Å². The summed E-state index contributed by atoms with van der Waals surface area (Å²) < 4.78 is 27.4. The van der Waals surface area contributed by atoms with E-state index in [1.807, 2.05) is 19.1 Å². The Morgan fingerprint density at radius 1 is 1.29 bits per heavy atom. The molecule has 3 N–H and O–H groups in total. The van der Waals surface area contributed by atoms with Crippen LogP contribution in [0.2, 0.25) is 0 Å². The number of rotatable bonds is 6. The Morgan fingerprint density at radius 2 is 1.88 bits per heavy atom. The fraction of sp³-hybridized carbons (Fsp3) is 0.455. The Kier molecular flexibility index (Phi) is 4.92. The minimum atomic E-state index is -3.44. The number of benzene rings is 1. The van der Waals surface area contributed by atoms with E-state index < -0.39 is 10.2 Å². The van der Waals surface area contributed by atoms with Crippen molar-refractivity contribution in [2.45, 2.75) is 19.9 Å². The van der Waals surface area contributed by atoms with Crippen LogP contribution in [-0.4, -0.2) is 22.0 Å². The van der Waals surface area contributed by atoms with Gasteiger partial charge in [-0.3, -0.25) is 4.31 Å². The van der Waals surface area contributed by atoms with Crippen LogP contribution < -0.4 is 14.8 Å². The quantitative estimate of drug-likeness (QED) is 0.792. The van der Waals surface area contributed by atoms with Gasteiger partial charge in [-0.1, -0.05) is 19.1 Å². The molecule has 0 heterocycles. The average molecular weight is 257 g/mol. The smallest absolute Gasteiger partial charge is 0.301 e. The Bertz CT molecular complexity index is 442. The molecular formula is C11H19N3O2S. The van der Waals surface area contributed by atoms with Crippen LogP contribution in [0, 0.1) is 0 Å². The Balaban J connectivity index is 3.05. The van der Waals surface area contributed by atoms with E-state index in [1.165, 1.54) is 11.4 Å². The van der Waals surface area contributed by atoms with Crippen molar-refractivity contribution in [2.24, 2.45) is 5.73 Å². The zero-order valence-electron chi connectivity index (χ0n) is 10.2. The molecule has 0 saturated heterocycles. The topological polar surface area (TPSA) is 75.4 Å². The van der Waals surface area contributed by atoms with E-state index in [0.717, 1.165) is 12.0 Å². The molecule has 0 aliphatic rings. The van der Waals surface area contributed by atoms with Gasteiger partial charge in [-0.25, -0.2) is 4.72 Å². The first-order chi connectivity index (χ1) is 8.05. The molecule has 0 spiro atoms. The van der Waals surface area contributed by atoms with Crippen LogP contribution in [0.5, 0.6) is 0 Å². The van der Waals surface area contributed by atoms with Crippen molar-refractivity contribution in [1.82, 2.24) is 4.72 Å². The summed E-state index contributed by atoms with van der Waals surface area (Å²) in [5, 5.41) is 0. The summed E-state index contributed by atoms with van der Waals surface area (Å²) in [6, 6.07) is 7.21. The number of nitrogens with zero attached hydrogens (tertiary/aromatic N) is 1. The van der Waals surface area contributed by atoms with Gasteiger partial charge in [0.1, 0.15) is 0 Å². The van der Waals surface area contributed by atoms with Crippen LogP contribution in [0.15, 0.2) is 24.3 Å². The highest BCUT2D eigenvalue weighted by Crippen LogP contribution is 2.18. The molecule has 0 atom stereocenters. The van der Waals surface area contributed by atoms with Crippen molar-refractivity contribution < 1.29 is 8.42 Å². The molecule has 5 nitrogen and oxygen atoms in total. The maximum absolute atomic E-state index is 11.8. The fourth-order valence-corrected chi connectivity index (χ4v) is 2.54. The summed E-state index contributed by atoms with van der Waals surface area (Å²) in [5.41, 5.74) is 7.13. The number of anilines is 1. The lowest BCUT2D eigenvalue weighted by atomic mass is 10.2. The summed E-state index contributed by atoms with van der Waals surface area (Å²) in [4.78, 5) is 0. The van der Waals surface area contributed by atoms with Gasteiger partial charge < -0.3 is 5.73 Å². The molecule has 0 fully saturated rings. The molecule has 0 aliphatic carbocycles. The van der Waals surface area contributed by atoms with Gasteiger partial charge >= 0.3 is 10.2 Å². The summed E-state index contributed by atoms with van der Waals surface area (Å²) in [7, 11) is -2.03. The monoisotopic (exact) mass is 257 g/mol. The van der Waals surface area contributed by atoms with Crippen molar-refractivity contribution in [1.29, 1.82) is 0 Å². The molecule has 1 aromatic rings. The Morgan fingerprint density at radius 3 is 2.29 bits per heavy atom. The van der Waals surface area contributed by atoms with Crippen LogP contribution in [0.3, 0.4) is 0 Å². The fourth-order valence-electron chi connectivity index (χ4n) is 1.50. The summed E-state index contributed by atoms with van der Waals surface area (Å²) in [6.45, 7) is 2.84. The maximum atomic E-state index is 11.8. The third kappa shape index (κ3) is 3.42. The Hall–Kier alpha value is -1.11. The number of hydrogen-bond acceptors (Lipinski definition) is 3. The molecule has 0 radical (unpaired) electrons. The molecule has 17 heavy (non-hydrogen) atoms. The van der Waals surface area contributed by atoms with Crippen molar-refractivity contribution in [3.8, 4) is 0 Å². The first-order valence-electron chi connectivity index (χ1n) is 5.55. The minimum Gasteiger partial charge on any atom is -0.326 e. The predicted octanol–water partition coefficient (Wildman–Crippen LogP) is 0.826. The lowest BCUT2D eigenvalue weighted by molar-refractivity contribution is 0.582. The molecule has 0 aromatic heterocycles. The van der Waals surface area contributed by atoms with E-state index in [9.17, 15) is 8.42 Å². The van der Waals surface area contributed by atoms with Gasteiger partial charge in [0, 0.05) is 20.1 Å². The van der Waals surface area contributed by atoms with E-state index in [1.54, 1.807) is 12.1 Å². The summed E-state index contributed by atoms with van der Waals surface area (Å²) in [6.07, 6.45) is 0.750. The molecule has 0 bridgehead atoms. The van der Waals surface area contributed by atoms with Gasteiger partial charge in [0.2, 0.25) is 0 Å². The zero-order valence-corrected chi connectivity index (χ0v) is 11.0. The van der Waals surface area contributed by atoms with Crippen LogP contribution >= 0.6 is 0 Å². The van der Waals surface area contributed by atoms with E-state index in [-0.39, 0.29) is 0 Å². The SMILES string of the molecule is CCCN(c1ccc(CN)cc1)S(=O)(=O)NC. The molecular weight excluding hydrogens is 238 g/mol. The van der Waals surface area contributed by atoms with Gasteiger partial charge in [0.15, 0.2) is 0 Å². The summed E-state index contributed by atoms with van der Waals surface area (Å²) >= 11 is 0. The number of nitrogens with two attached hydrogens (primary N) is 1. The largest absolute Gasteiger partial charge is 0.326 e. The van der Waals surface area contributed by atoms with Crippen LogP contribution in [-0.2, 0) is 16.8 Å². The predicted molar refractivity (Wildman–Crippen MR) is 69.9 cm³/mol. The van der Waals surface area contributed by atoms with Gasteiger partial charge in [0.25, 0.3) is 0 Å². The van der Waals surface area contributed by atoms with Crippen molar-refractivity contribution in [3.63, 3.8) is 0 Å². The van der Waals surface area contributed by atoms with Crippen molar-refractivity contribution >= 4 is 15.9 Å². The average Bonchev–Trinajstić information content (AvgIpc) is 2.36. The van der Waals surface area contributed by atoms with Crippen molar-refractivity contribution in [3.05, 3.63) is 29.8 Å². The highest BCUT2D eigenvalue weighted by atomic mass is 32.2. The second-order valence-corrected chi connectivity index (χ2v) is 5.45. The molecule has 96 valence electrons. The molecule has 0 unspecified atom stereocenters. The molecule has 0 aliphatic heterocycles. The molecule has 6 heteroatoms.